The second kappa shape index (κ2) is 6.26. The first-order chi connectivity index (χ1) is 9.75. The number of anilines is 1. The Labute approximate surface area is 125 Å². The Morgan fingerprint density at radius 3 is 2.80 bits per heavy atom. The molecule has 112 valence electrons. The lowest BCUT2D eigenvalue weighted by atomic mass is 9.95. The van der Waals surface area contributed by atoms with Gasteiger partial charge in [0.1, 0.15) is 0 Å². The van der Waals surface area contributed by atoms with Crippen LogP contribution in [-0.2, 0) is 4.74 Å². The topological polar surface area (TPSA) is 46.1 Å². The predicted molar refractivity (Wildman–Crippen MR) is 81.8 cm³/mol. The van der Waals surface area contributed by atoms with E-state index < -0.39 is 0 Å². The third kappa shape index (κ3) is 2.91. The first-order valence-corrected chi connectivity index (χ1v) is 8.16. The number of aromatic nitrogens is 3. The van der Waals surface area contributed by atoms with Gasteiger partial charge in [0.15, 0.2) is 4.77 Å². The lowest BCUT2D eigenvalue weighted by Gasteiger charge is -2.28. The highest BCUT2D eigenvalue weighted by Crippen LogP contribution is 2.31. The third-order valence-corrected chi connectivity index (χ3v) is 4.76. The summed E-state index contributed by atoms with van der Waals surface area (Å²) in [4.78, 5) is 2.19. The van der Waals surface area contributed by atoms with Crippen LogP contribution in [-0.4, -0.2) is 41.1 Å². The zero-order valence-corrected chi connectivity index (χ0v) is 13.0. The minimum absolute atomic E-state index is 0.338. The summed E-state index contributed by atoms with van der Waals surface area (Å²) in [5, 5.41) is 7.42. The van der Waals surface area contributed by atoms with E-state index in [9.17, 15) is 0 Å². The molecule has 1 aliphatic carbocycles. The molecule has 2 aliphatic rings. The Balaban J connectivity index is 1.76. The highest BCUT2D eigenvalue weighted by molar-refractivity contribution is 7.71. The summed E-state index contributed by atoms with van der Waals surface area (Å²) >= 11 is 5.44. The van der Waals surface area contributed by atoms with Crippen molar-refractivity contribution < 1.29 is 4.74 Å². The summed E-state index contributed by atoms with van der Waals surface area (Å²) in [7, 11) is 2.09. The Morgan fingerprint density at radius 2 is 2.10 bits per heavy atom. The molecule has 1 aliphatic heterocycles. The summed E-state index contributed by atoms with van der Waals surface area (Å²) in [6.07, 6.45) is 9.04. The number of nitrogens with one attached hydrogen (secondary N) is 1. The predicted octanol–water partition coefficient (Wildman–Crippen LogP) is 3.06. The van der Waals surface area contributed by atoms with E-state index in [0.717, 1.165) is 30.3 Å². The standard InChI is InChI=1S/C14H24N4OS/c1-17(10-12-8-5-9-19-12)13-15-16-14(20)18(13)11-6-3-2-4-7-11/h11-12H,2-10H2,1H3,(H,16,20). The average Bonchev–Trinajstić information content (AvgIpc) is 3.09. The molecule has 1 aromatic heterocycles. The Morgan fingerprint density at radius 1 is 1.30 bits per heavy atom. The van der Waals surface area contributed by atoms with E-state index in [0.29, 0.717) is 12.1 Å². The molecule has 1 saturated carbocycles. The largest absolute Gasteiger partial charge is 0.376 e. The fraction of sp³-hybridized carbons (Fsp3) is 0.857. The highest BCUT2D eigenvalue weighted by Gasteiger charge is 2.24. The van der Waals surface area contributed by atoms with Crippen molar-refractivity contribution in [3.05, 3.63) is 4.77 Å². The van der Waals surface area contributed by atoms with Gasteiger partial charge >= 0.3 is 0 Å². The van der Waals surface area contributed by atoms with Crippen molar-refractivity contribution in [2.75, 3.05) is 25.1 Å². The van der Waals surface area contributed by atoms with Crippen LogP contribution < -0.4 is 4.90 Å². The second-order valence-electron chi connectivity index (χ2n) is 6.01. The quantitative estimate of drug-likeness (QED) is 0.867. The van der Waals surface area contributed by atoms with Gasteiger partial charge in [-0.05, 0) is 37.9 Å². The number of ether oxygens (including phenoxy) is 1. The van der Waals surface area contributed by atoms with Gasteiger partial charge in [0.25, 0.3) is 0 Å². The molecular weight excluding hydrogens is 272 g/mol. The molecule has 1 unspecified atom stereocenters. The molecule has 5 nitrogen and oxygen atoms in total. The number of nitrogens with zero attached hydrogens (tertiary/aromatic N) is 3. The normalized spacial score (nSPS) is 24.1. The van der Waals surface area contributed by atoms with E-state index >= 15 is 0 Å². The Hall–Kier alpha value is -0.880. The van der Waals surface area contributed by atoms with Crippen LogP contribution in [0.2, 0.25) is 0 Å². The van der Waals surface area contributed by atoms with Crippen molar-refractivity contribution in [1.82, 2.24) is 14.8 Å². The molecule has 0 amide bonds. The van der Waals surface area contributed by atoms with E-state index in [-0.39, 0.29) is 0 Å². The molecule has 0 aromatic carbocycles. The van der Waals surface area contributed by atoms with E-state index in [1.165, 1.54) is 38.5 Å². The fourth-order valence-electron chi connectivity index (χ4n) is 3.41. The maximum Gasteiger partial charge on any atom is 0.225 e. The molecule has 6 heteroatoms. The van der Waals surface area contributed by atoms with Crippen molar-refractivity contribution in [2.45, 2.75) is 57.1 Å². The van der Waals surface area contributed by atoms with Crippen LogP contribution in [0.3, 0.4) is 0 Å². The maximum absolute atomic E-state index is 5.72. The second-order valence-corrected chi connectivity index (χ2v) is 6.39. The minimum Gasteiger partial charge on any atom is -0.376 e. The van der Waals surface area contributed by atoms with Gasteiger partial charge in [-0.1, -0.05) is 19.3 Å². The van der Waals surface area contributed by atoms with Crippen molar-refractivity contribution in [1.29, 1.82) is 0 Å². The van der Waals surface area contributed by atoms with Crippen LogP contribution in [0.25, 0.3) is 0 Å². The lowest BCUT2D eigenvalue weighted by molar-refractivity contribution is 0.116. The van der Waals surface area contributed by atoms with Crippen LogP contribution >= 0.6 is 12.2 Å². The Kier molecular flexibility index (Phi) is 4.41. The number of aromatic amines is 1. The summed E-state index contributed by atoms with van der Waals surface area (Å²) in [6.45, 7) is 1.79. The van der Waals surface area contributed by atoms with Gasteiger partial charge < -0.3 is 9.64 Å². The molecule has 2 heterocycles. The van der Waals surface area contributed by atoms with Gasteiger partial charge in [0.2, 0.25) is 5.95 Å². The van der Waals surface area contributed by atoms with Crippen LogP contribution in [0.4, 0.5) is 5.95 Å². The first kappa shape index (κ1) is 14.1. The van der Waals surface area contributed by atoms with Gasteiger partial charge in [0, 0.05) is 26.2 Å². The maximum atomic E-state index is 5.72. The van der Waals surface area contributed by atoms with Crippen molar-refractivity contribution in [3.63, 3.8) is 0 Å². The van der Waals surface area contributed by atoms with Crippen molar-refractivity contribution in [2.24, 2.45) is 0 Å². The van der Waals surface area contributed by atoms with Crippen molar-refractivity contribution in [3.8, 4) is 0 Å². The fourth-order valence-corrected chi connectivity index (χ4v) is 3.69. The molecule has 1 saturated heterocycles. The number of hydrogen-bond donors (Lipinski definition) is 1. The SMILES string of the molecule is CN(CC1CCCO1)c1n[nH]c(=S)n1C1CCCCC1. The van der Waals surface area contributed by atoms with Crippen LogP contribution in [0.15, 0.2) is 0 Å². The monoisotopic (exact) mass is 296 g/mol. The van der Waals surface area contributed by atoms with Gasteiger partial charge in [-0.15, -0.1) is 5.10 Å². The molecule has 0 bridgehead atoms. The van der Waals surface area contributed by atoms with Crippen molar-refractivity contribution >= 4 is 18.2 Å². The molecule has 1 aromatic rings. The summed E-state index contributed by atoms with van der Waals surface area (Å²) in [6, 6.07) is 0.511. The lowest BCUT2D eigenvalue weighted by Crippen LogP contribution is -2.31. The Bertz CT molecular complexity index is 486. The molecule has 1 atom stereocenters. The van der Waals surface area contributed by atoms with Gasteiger partial charge in [0.05, 0.1) is 6.10 Å². The zero-order chi connectivity index (χ0) is 13.9. The number of hydrogen-bond acceptors (Lipinski definition) is 4. The first-order valence-electron chi connectivity index (χ1n) is 7.75. The average molecular weight is 296 g/mol. The minimum atomic E-state index is 0.338. The van der Waals surface area contributed by atoms with Gasteiger partial charge in [-0.25, -0.2) is 5.10 Å². The number of rotatable bonds is 4. The van der Waals surface area contributed by atoms with E-state index in [4.69, 9.17) is 17.0 Å². The third-order valence-electron chi connectivity index (χ3n) is 4.47. The molecule has 0 spiro atoms. The molecular formula is C14H24N4OS. The summed E-state index contributed by atoms with van der Waals surface area (Å²) in [5.41, 5.74) is 0. The molecule has 20 heavy (non-hydrogen) atoms. The molecule has 2 fully saturated rings. The van der Waals surface area contributed by atoms with E-state index in [1.54, 1.807) is 0 Å². The van der Waals surface area contributed by atoms with Gasteiger partial charge in [-0.3, -0.25) is 4.57 Å². The smallest absolute Gasteiger partial charge is 0.225 e. The summed E-state index contributed by atoms with van der Waals surface area (Å²) in [5.74, 6) is 0.970. The van der Waals surface area contributed by atoms with E-state index in [2.05, 4.69) is 26.7 Å². The molecule has 1 N–H and O–H groups in total. The van der Waals surface area contributed by atoms with Gasteiger partial charge in [-0.2, -0.15) is 0 Å². The number of H-pyrrole nitrogens is 1. The van der Waals surface area contributed by atoms with Crippen LogP contribution in [0, 0.1) is 4.77 Å². The summed E-state index contributed by atoms with van der Waals surface area (Å²) < 4.78 is 8.70. The zero-order valence-electron chi connectivity index (χ0n) is 12.2. The van der Waals surface area contributed by atoms with Crippen LogP contribution in [0.5, 0.6) is 0 Å². The molecule has 3 rings (SSSR count). The number of likely N-dealkylation sites (N-methyl/N-ethyl adjacent to an activating group) is 1. The van der Waals surface area contributed by atoms with Crippen LogP contribution in [0.1, 0.15) is 51.0 Å². The molecule has 0 radical (unpaired) electrons. The highest BCUT2D eigenvalue weighted by atomic mass is 32.1. The van der Waals surface area contributed by atoms with E-state index in [1.807, 2.05) is 0 Å².